The molecule has 2 aliphatic carbocycles. The Hall–Kier alpha value is -2.68. The fourth-order valence-corrected chi connectivity index (χ4v) is 5.65. The molecule has 0 bridgehead atoms. The quantitative estimate of drug-likeness (QED) is 0.336. The number of nitrogens with zero attached hydrogens (tertiary/aromatic N) is 1. The van der Waals surface area contributed by atoms with Crippen molar-refractivity contribution in [3.05, 3.63) is 28.3 Å². The van der Waals surface area contributed by atoms with Crippen molar-refractivity contribution in [2.24, 2.45) is 23.7 Å². The summed E-state index contributed by atoms with van der Waals surface area (Å²) in [6, 6.07) is 4.65. The van der Waals surface area contributed by atoms with Crippen molar-refractivity contribution in [3.63, 3.8) is 0 Å². The minimum Gasteiger partial charge on any atom is -0.481 e. The summed E-state index contributed by atoms with van der Waals surface area (Å²) in [7, 11) is 0. The molecule has 34 heavy (non-hydrogen) atoms. The molecule has 3 unspecified atom stereocenters. The number of amides is 1. The molecule has 2 saturated carbocycles. The van der Waals surface area contributed by atoms with Crippen LogP contribution in [-0.2, 0) is 14.3 Å². The van der Waals surface area contributed by atoms with Gasteiger partial charge in [0.25, 0.3) is 11.6 Å². The molecule has 0 aliphatic heterocycles. The summed E-state index contributed by atoms with van der Waals surface area (Å²) in [4.78, 5) is 34.8. The van der Waals surface area contributed by atoms with Crippen molar-refractivity contribution in [2.45, 2.75) is 77.9 Å². The maximum Gasteiger partial charge on any atom is 0.306 e. The number of anilines is 2. The molecule has 1 aromatic rings. The summed E-state index contributed by atoms with van der Waals surface area (Å²) in [5.74, 6) is -0.104. The number of aliphatic carboxylic acids is 1. The first kappa shape index (κ1) is 25.9. The first-order valence-corrected chi connectivity index (χ1v) is 12.3. The summed E-state index contributed by atoms with van der Waals surface area (Å²) >= 11 is 0. The first-order chi connectivity index (χ1) is 16.2. The van der Waals surface area contributed by atoms with Crippen molar-refractivity contribution in [1.82, 2.24) is 0 Å². The van der Waals surface area contributed by atoms with Gasteiger partial charge >= 0.3 is 5.97 Å². The lowest BCUT2D eigenvalue weighted by Gasteiger charge is -2.38. The third-order valence-electron chi connectivity index (χ3n) is 7.35. The number of benzene rings is 1. The van der Waals surface area contributed by atoms with E-state index in [0.29, 0.717) is 49.1 Å². The Balaban J connectivity index is 1.61. The third kappa shape index (κ3) is 6.68. The topological polar surface area (TPSA) is 131 Å². The number of carboxylic acid groups (broad SMARTS) is 1. The van der Waals surface area contributed by atoms with Crippen LogP contribution in [0.3, 0.4) is 0 Å². The van der Waals surface area contributed by atoms with Gasteiger partial charge in [-0.15, -0.1) is 0 Å². The Kier molecular flexibility index (Phi) is 8.88. The second kappa shape index (κ2) is 11.6. The van der Waals surface area contributed by atoms with Crippen molar-refractivity contribution < 1.29 is 24.4 Å². The van der Waals surface area contributed by atoms with Crippen molar-refractivity contribution in [2.75, 3.05) is 17.2 Å². The molecule has 3 atom stereocenters. The van der Waals surface area contributed by atoms with Gasteiger partial charge < -0.3 is 20.5 Å². The van der Waals surface area contributed by atoms with Gasteiger partial charge in [-0.25, -0.2) is 0 Å². The molecule has 0 saturated heterocycles. The smallest absolute Gasteiger partial charge is 0.306 e. The number of carbonyl (C=O) groups is 2. The normalized spacial score (nSPS) is 27.2. The Bertz CT molecular complexity index is 881. The number of nitro benzene ring substituents is 1. The monoisotopic (exact) mass is 475 g/mol. The van der Waals surface area contributed by atoms with Gasteiger partial charge in [-0.1, -0.05) is 33.6 Å². The van der Waals surface area contributed by atoms with Crippen LogP contribution in [0.1, 0.15) is 65.7 Å². The van der Waals surface area contributed by atoms with Crippen LogP contribution in [0.25, 0.3) is 0 Å². The van der Waals surface area contributed by atoms with Crippen LogP contribution in [0, 0.1) is 33.8 Å². The Morgan fingerprint density at radius 3 is 2.50 bits per heavy atom. The SMILES string of the molecule is CC(C)C1C(C)CCCC1OCC(=O)Nc1cc(NC2CCC(C(=O)O)CC2)ccc1[N+](=O)[O-]. The number of rotatable bonds is 9. The standard InChI is InChI=1S/C25H37N3O6/c1-15(2)24-16(3)5-4-6-22(24)34-14-23(29)27-20-13-19(11-12-21(20)28(32)33)26-18-9-7-17(8-10-18)25(30)31/h11-13,15-18,22,24,26H,4-10,14H2,1-3H3,(H,27,29)(H,30,31). The van der Waals surface area contributed by atoms with E-state index in [2.05, 4.69) is 31.4 Å². The molecule has 0 aromatic heterocycles. The molecule has 9 nitrogen and oxygen atoms in total. The van der Waals surface area contributed by atoms with Crippen molar-refractivity contribution in [1.29, 1.82) is 0 Å². The predicted octanol–water partition coefficient (Wildman–Crippen LogP) is 5.07. The molecule has 3 N–H and O–H groups in total. The van der Waals surface area contributed by atoms with Crippen LogP contribution in [0.15, 0.2) is 18.2 Å². The summed E-state index contributed by atoms with van der Waals surface area (Å²) in [6.45, 7) is 6.45. The molecular weight excluding hydrogens is 438 g/mol. The highest BCUT2D eigenvalue weighted by Crippen LogP contribution is 2.37. The zero-order valence-corrected chi connectivity index (χ0v) is 20.3. The number of ether oxygens (including phenoxy) is 1. The van der Waals surface area contributed by atoms with Gasteiger partial charge in [0, 0.05) is 17.8 Å². The zero-order chi connectivity index (χ0) is 24.8. The number of carboxylic acids is 1. The number of nitro groups is 1. The average Bonchev–Trinajstić information content (AvgIpc) is 2.77. The Labute approximate surface area is 200 Å². The van der Waals surface area contributed by atoms with E-state index in [4.69, 9.17) is 9.84 Å². The number of carbonyl (C=O) groups excluding carboxylic acids is 1. The first-order valence-electron chi connectivity index (χ1n) is 12.3. The highest BCUT2D eigenvalue weighted by molar-refractivity contribution is 5.94. The van der Waals surface area contributed by atoms with Gasteiger partial charge in [0.15, 0.2) is 0 Å². The molecule has 188 valence electrons. The summed E-state index contributed by atoms with van der Waals surface area (Å²) in [5.41, 5.74) is 0.599. The summed E-state index contributed by atoms with van der Waals surface area (Å²) < 4.78 is 6.00. The van der Waals surface area contributed by atoms with E-state index >= 15 is 0 Å². The van der Waals surface area contributed by atoms with Crippen LogP contribution < -0.4 is 10.6 Å². The van der Waals surface area contributed by atoms with E-state index in [1.54, 1.807) is 12.1 Å². The largest absolute Gasteiger partial charge is 0.481 e. The molecule has 2 aliphatic rings. The van der Waals surface area contributed by atoms with Crippen LogP contribution in [0.5, 0.6) is 0 Å². The van der Waals surface area contributed by atoms with Gasteiger partial charge in [0.05, 0.1) is 16.9 Å². The maximum atomic E-state index is 12.7. The summed E-state index contributed by atoms with van der Waals surface area (Å²) in [6.07, 6.45) is 5.78. The Morgan fingerprint density at radius 1 is 1.18 bits per heavy atom. The van der Waals surface area contributed by atoms with E-state index in [1.165, 1.54) is 12.5 Å². The second-order valence-electron chi connectivity index (χ2n) is 10.1. The van der Waals surface area contributed by atoms with Gasteiger partial charge in [0.1, 0.15) is 12.3 Å². The van der Waals surface area contributed by atoms with E-state index in [0.717, 1.165) is 12.8 Å². The Morgan fingerprint density at radius 2 is 1.88 bits per heavy atom. The zero-order valence-electron chi connectivity index (χ0n) is 20.3. The molecule has 2 fully saturated rings. The van der Waals surface area contributed by atoms with Gasteiger partial charge in [-0.2, -0.15) is 0 Å². The number of hydrogen-bond acceptors (Lipinski definition) is 6. The van der Waals surface area contributed by atoms with Crippen LogP contribution in [0.2, 0.25) is 0 Å². The average molecular weight is 476 g/mol. The lowest BCUT2D eigenvalue weighted by Crippen LogP contribution is -2.38. The van der Waals surface area contributed by atoms with E-state index in [1.807, 2.05) is 0 Å². The molecular formula is C25H37N3O6. The molecule has 0 radical (unpaired) electrons. The molecule has 0 heterocycles. The van der Waals surface area contributed by atoms with E-state index in [9.17, 15) is 19.7 Å². The van der Waals surface area contributed by atoms with Crippen LogP contribution in [0.4, 0.5) is 17.1 Å². The summed E-state index contributed by atoms with van der Waals surface area (Å²) in [5, 5.41) is 26.7. The number of nitrogens with one attached hydrogen (secondary N) is 2. The highest BCUT2D eigenvalue weighted by atomic mass is 16.6. The maximum absolute atomic E-state index is 12.7. The lowest BCUT2D eigenvalue weighted by molar-refractivity contribution is -0.383. The molecule has 1 amide bonds. The highest BCUT2D eigenvalue weighted by Gasteiger charge is 2.34. The lowest BCUT2D eigenvalue weighted by atomic mass is 9.72. The van der Waals surface area contributed by atoms with Gasteiger partial charge in [-0.3, -0.25) is 19.7 Å². The fourth-order valence-electron chi connectivity index (χ4n) is 5.65. The minimum absolute atomic E-state index is 0.0124. The molecule has 1 aromatic carbocycles. The molecule has 0 spiro atoms. The van der Waals surface area contributed by atoms with E-state index < -0.39 is 16.8 Å². The molecule has 3 rings (SSSR count). The van der Waals surface area contributed by atoms with E-state index in [-0.39, 0.29) is 36.0 Å². The van der Waals surface area contributed by atoms with Gasteiger partial charge in [-0.05, 0) is 62.0 Å². The van der Waals surface area contributed by atoms with Crippen molar-refractivity contribution >= 4 is 28.9 Å². The minimum atomic E-state index is -0.761. The predicted molar refractivity (Wildman–Crippen MR) is 130 cm³/mol. The van der Waals surface area contributed by atoms with Gasteiger partial charge in [0.2, 0.25) is 0 Å². The fraction of sp³-hybridized carbons (Fsp3) is 0.680. The van der Waals surface area contributed by atoms with Crippen LogP contribution >= 0.6 is 0 Å². The second-order valence-corrected chi connectivity index (χ2v) is 10.1. The van der Waals surface area contributed by atoms with Crippen LogP contribution in [-0.4, -0.2) is 40.7 Å². The third-order valence-corrected chi connectivity index (χ3v) is 7.35. The van der Waals surface area contributed by atoms with Crippen molar-refractivity contribution in [3.8, 4) is 0 Å². The number of hydrogen-bond donors (Lipinski definition) is 3. The molecule has 9 heteroatoms.